The molecule has 16 heavy (non-hydrogen) atoms. The van der Waals surface area contributed by atoms with Crippen molar-refractivity contribution in [3.8, 4) is 0 Å². The molecule has 1 amide bonds. The molecular weight excluding hydrogens is 208 g/mol. The quantitative estimate of drug-likeness (QED) is 0.759. The van der Waals surface area contributed by atoms with Crippen molar-refractivity contribution in [1.82, 2.24) is 19.7 Å². The lowest BCUT2D eigenvalue weighted by atomic mass is 10.2. The van der Waals surface area contributed by atoms with Gasteiger partial charge in [0.15, 0.2) is 0 Å². The number of amides is 1. The van der Waals surface area contributed by atoms with Crippen molar-refractivity contribution in [3.05, 3.63) is 12.2 Å². The first-order valence-corrected chi connectivity index (χ1v) is 5.06. The second kappa shape index (κ2) is 4.51. The lowest BCUT2D eigenvalue weighted by Crippen LogP contribution is -2.34. The molecule has 0 saturated heterocycles. The molecule has 0 spiro atoms. The van der Waals surface area contributed by atoms with Gasteiger partial charge in [-0.05, 0) is 20.8 Å². The molecule has 0 bridgehead atoms. The Bertz CT molecular complexity index is 367. The lowest BCUT2D eigenvalue weighted by molar-refractivity contribution is 0.0279. The highest BCUT2D eigenvalue weighted by molar-refractivity contribution is 5.67. The molecule has 0 saturated carbocycles. The van der Waals surface area contributed by atoms with Crippen molar-refractivity contribution < 1.29 is 9.53 Å². The molecule has 6 heteroatoms. The van der Waals surface area contributed by atoms with E-state index in [1.165, 1.54) is 11.2 Å². The minimum absolute atomic E-state index is 0.365. The van der Waals surface area contributed by atoms with Crippen LogP contribution in [0.15, 0.2) is 6.33 Å². The van der Waals surface area contributed by atoms with Crippen molar-refractivity contribution in [2.45, 2.75) is 32.9 Å². The van der Waals surface area contributed by atoms with Crippen LogP contribution in [0.25, 0.3) is 0 Å². The van der Waals surface area contributed by atoms with Gasteiger partial charge in [0, 0.05) is 14.1 Å². The lowest BCUT2D eigenvalue weighted by Gasteiger charge is -2.24. The van der Waals surface area contributed by atoms with Gasteiger partial charge in [0.1, 0.15) is 17.8 Å². The van der Waals surface area contributed by atoms with Gasteiger partial charge in [0.05, 0.1) is 6.54 Å². The first-order valence-electron chi connectivity index (χ1n) is 5.06. The average molecular weight is 226 g/mol. The Morgan fingerprint density at radius 1 is 1.56 bits per heavy atom. The summed E-state index contributed by atoms with van der Waals surface area (Å²) in [5.74, 6) is 0.716. The molecule has 1 heterocycles. The number of hydrogen-bond acceptors (Lipinski definition) is 4. The normalized spacial score (nSPS) is 11.3. The molecular formula is C10H18N4O2. The standard InChI is InChI=1S/C10H18N4O2/c1-10(2,3)16-9(15)13(4)6-8-11-7-12-14(8)5/h7H,6H2,1-5H3. The summed E-state index contributed by atoms with van der Waals surface area (Å²) in [6.45, 7) is 5.88. The fraction of sp³-hybridized carbons (Fsp3) is 0.700. The Morgan fingerprint density at radius 2 is 2.19 bits per heavy atom. The molecule has 0 aliphatic rings. The number of ether oxygens (including phenoxy) is 1. The summed E-state index contributed by atoms with van der Waals surface area (Å²) in [5.41, 5.74) is -0.481. The summed E-state index contributed by atoms with van der Waals surface area (Å²) in [7, 11) is 3.45. The monoisotopic (exact) mass is 226 g/mol. The Balaban J connectivity index is 2.56. The smallest absolute Gasteiger partial charge is 0.410 e. The van der Waals surface area contributed by atoms with Crippen molar-refractivity contribution in [1.29, 1.82) is 0 Å². The zero-order chi connectivity index (χ0) is 12.3. The molecule has 0 fully saturated rings. The van der Waals surface area contributed by atoms with Crippen LogP contribution in [-0.4, -0.2) is 38.4 Å². The number of nitrogens with zero attached hydrogens (tertiary/aromatic N) is 4. The predicted molar refractivity (Wildman–Crippen MR) is 58.7 cm³/mol. The van der Waals surface area contributed by atoms with Crippen LogP contribution in [0.2, 0.25) is 0 Å². The minimum atomic E-state index is -0.481. The van der Waals surface area contributed by atoms with Gasteiger partial charge in [-0.1, -0.05) is 0 Å². The van der Waals surface area contributed by atoms with Crippen LogP contribution in [0.5, 0.6) is 0 Å². The second-order valence-corrected chi connectivity index (χ2v) is 4.64. The number of aryl methyl sites for hydroxylation is 1. The van der Waals surface area contributed by atoms with E-state index in [9.17, 15) is 4.79 Å². The van der Waals surface area contributed by atoms with E-state index in [2.05, 4.69) is 10.1 Å². The summed E-state index contributed by atoms with van der Waals surface area (Å²) >= 11 is 0. The molecule has 0 unspecified atom stereocenters. The molecule has 1 rings (SSSR count). The molecule has 0 aliphatic heterocycles. The Kier molecular flexibility index (Phi) is 3.51. The largest absolute Gasteiger partial charge is 0.444 e. The summed E-state index contributed by atoms with van der Waals surface area (Å²) in [6.07, 6.45) is 1.09. The van der Waals surface area contributed by atoms with Crippen molar-refractivity contribution >= 4 is 6.09 Å². The molecule has 0 N–H and O–H groups in total. The molecule has 90 valence electrons. The average Bonchev–Trinajstić information content (AvgIpc) is 2.49. The molecule has 0 aromatic carbocycles. The van der Waals surface area contributed by atoms with Crippen molar-refractivity contribution in [2.75, 3.05) is 7.05 Å². The fourth-order valence-corrected chi connectivity index (χ4v) is 1.08. The third kappa shape index (κ3) is 3.52. The van der Waals surface area contributed by atoms with E-state index in [1.807, 2.05) is 20.8 Å². The molecule has 6 nitrogen and oxygen atoms in total. The van der Waals surface area contributed by atoms with Gasteiger partial charge in [-0.2, -0.15) is 5.10 Å². The third-order valence-corrected chi connectivity index (χ3v) is 1.89. The van der Waals surface area contributed by atoms with Gasteiger partial charge in [-0.3, -0.25) is 4.68 Å². The van der Waals surface area contributed by atoms with E-state index in [0.29, 0.717) is 12.4 Å². The van der Waals surface area contributed by atoms with Crippen molar-refractivity contribution in [3.63, 3.8) is 0 Å². The highest BCUT2D eigenvalue weighted by atomic mass is 16.6. The SMILES string of the molecule is CN(Cc1ncnn1C)C(=O)OC(C)(C)C. The van der Waals surface area contributed by atoms with E-state index in [4.69, 9.17) is 4.74 Å². The number of carbonyl (C=O) groups is 1. The van der Waals surface area contributed by atoms with Gasteiger partial charge in [-0.25, -0.2) is 9.78 Å². The number of rotatable bonds is 2. The van der Waals surface area contributed by atoms with Crippen LogP contribution < -0.4 is 0 Å². The molecule has 0 aliphatic carbocycles. The van der Waals surface area contributed by atoms with E-state index in [-0.39, 0.29) is 6.09 Å². The van der Waals surface area contributed by atoms with Gasteiger partial charge in [0.2, 0.25) is 0 Å². The highest BCUT2D eigenvalue weighted by Crippen LogP contribution is 2.10. The Labute approximate surface area is 95.2 Å². The van der Waals surface area contributed by atoms with Crippen LogP contribution >= 0.6 is 0 Å². The Morgan fingerprint density at radius 3 is 2.62 bits per heavy atom. The molecule has 1 aromatic heterocycles. The number of carbonyl (C=O) groups excluding carboxylic acids is 1. The summed E-state index contributed by atoms with van der Waals surface area (Å²) in [6, 6.07) is 0. The molecule has 0 radical (unpaired) electrons. The van der Waals surface area contributed by atoms with Crippen LogP contribution in [0.3, 0.4) is 0 Å². The van der Waals surface area contributed by atoms with E-state index >= 15 is 0 Å². The zero-order valence-corrected chi connectivity index (χ0v) is 10.4. The topological polar surface area (TPSA) is 60.2 Å². The second-order valence-electron chi connectivity index (χ2n) is 4.64. The van der Waals surface area contributed by atoms with Crippen LogP contribution in [0.1, 0.15) is 26.6 Å². The van der Waals surface area contributed by atoms with Gasteiger partial charge < -0.3 is 9.64 Å². The first kappa shape index (κ1) is 12.5. The Hall–Kier alpha value is -1.59. The van der Waals surface area contributed by atoms with Gasteiger partial charge in [-0.15, -0.1) is 0 Å². The number of hydrogen-bond donors (Lipinski definition) is 0. The molecule has 0 atom stereocenters. The van der Waals surface area contributed by atoms with E-state index in [1.54, 1.807) is 18.8 Å². The summed E-state index contributed by atoms with van der Waals surface area (Å²) in [5, 5.41) is 3.93. The third-order valence-electron chi connectivity index (χ3n) is 1.89. The fourth-order valence-electron chi connectivity index (χ4n) is 1.08. The van der Waals surface area contributed by atoms with Gasteiger partial charge in [0.25, 0.3) is 0 Å². The maximum absolute atomic E-state index is 11.6. The van der Waals surface area contributed by atoms with Crippen LogP contribution in [0.4, 0.5) is 4.79 Å². The molecule has 1 aromatic rings. The minimum Gasteiger partial charge on any atom is -0.444 e. The summed E-state index contributed by atoms with van der Waals surface area (Å²) < 4.78 is 6.84. The van der Waals surface area contributed by atoms with Crippen molar-refractivity contribution in [2.24, 2.45) is 7.05 Å². The van der Waals surface area contributed by atoms with E-state index in [0.717, 1.165) is 0 Å². The van der Waals surface area contributed by atoms with Crippen LogP contribution in [-0.2, 0) is 18.3 Å². The summed E-state index contributed by atoms with van der Waals surface area (Å²) in [4.78, 5) is 17.1. The van der Waals surface area contributed by atoms with Crippen LogP contribution in [0, 0.1) is 0 Å². The van der Waals surface area contributed by atoms with E-state index < -0.39 is 5.60 Å². The highest BCUT2D eigenvalue weighted by Gasteiger charge is 2.20. The number of aromatic nitrogens is 3. The first-order chi connectivity index (χ1) is 7.29. The van der Waals surface area contributed by atoms with Gasteiger partial charge >= 0.3 is 6.09 Å². The maximum atomic E-state index is 11.6. The maximum Gasteiger partial charge on any atom is 0.410 e. The zero-order valence-electron chi connectivity index (χ0n) is 10.4. The predicted octanol–water partition coefficient (Wildman–Crippen LogP) is 1.18.